The molecule has 198 valence electrons. The van der Waals surface area contributed by atoms with Crippen LogP contribution in [0.15, 0.2) is 47.5 Å². The second-order valence-corrected chi connectivity index (χ2v) is 10.9. The summed E-state index contributed by atoms with van der Waals surface area (Å²) < 4.78 is 20.7. The average molecular weight is 547 g/mol. The number of hydrogen-bond donors (Lipinski definition) is 2. The summed E-state index contributed by atoms with van der Waals surface area (Å²) in [6.07, 6.45) is 7.21. The quantitative estimate of drug-likeness (QED) is 0.356. The van der Waals surface area contributed by atoms with Crippen LogP contribution >= 0.6 is 23.2 Å². The van der Waals surface area contributed by atoms with Crippen molar-refractivity contribution in [2.24, 2.45) is 0 Å². The summed E-state index contributed by atoms with van der Waals surface area (Å²) >= 11 is 12.3. The molecule has 8 heteroatoms. The normalized spacial score (nSPS) is 17.9. The van der Waals surface area contributed by atoms with Gasteiger partial charge >= 0.3 is 0 Å². The number of benzene rings is 2. The third-order valence-electron chi connectivity index (χ3n) is 7.46. The Hall–Kier alpha value is -2.57. The summed E-state index contributed by atoms with van der Waals surface area (Å²) in [6.45, 7) is 3.94. The molecule has 1 unspecified atom stereocenters. The van der Waals surface area contributed by atoms with E-state index in [0.29, 0.717) is 41.2 Å². The van der Waals surface area contributed by atoms with E-state index in [4.69, 9.17) is 27.9 Å². The van der Waals surface area contributed by atoms with E-state index in [0.717, 1.165) is 50.2 Å². The maximum absolute atomic E-state index is 14.8. The van der Waals surface area contributed by atoms with Crippen LogP contribution in [0.25, 0.3) is 0 Å². The van der Waals surface area contributed by atoms with Gasteiger partial charge < -0.3 is 15.4 Å². The van der Waals surface area contributed by atoms with Gasteiger partial charge in [-0.1, -0.05) is 42.3 Å². The lowest BCUT2D eigenvalue weighted by Crippen LogP contribution is -2.44. The Bertz CT molecular complexity index is 1190. The van der Waals surface area contributed by atoms with Crippen LogP contribution in [0.5, 0.6) is 5.75 Å². The summed E-state index contributed by atoms with van der Waals surface area (Å²) in [5.41, 5.74) is 1.09. The number of rotatable bonds is 8. The smallest absolute Gasteiger partial charge is 0.252 e. The number of halogens is 3. The minimum absolute atomic E-state index is 0.0141. The van der Waals surface area contributed by atoms with Crippen molar-refractivity contribution in [2.45, 2.75) is 83.3 Å². The van der Waals surface area contributed by atoms with E-state index in [2.05, 4.69) is 10.6 Å². The van der Waals surface area contributed by atoms with E-state index in [1.54, 1.807) is 12.1 Å². The predicted molar refractivity (Wildman–Crippen MR) is 146 cm³/mol. The molecule has 2 aliphatic rings. The van der Waals surface area contributed by atoms with Gasteiger partial charge in [0.1, 0.15) is 11.6 Å². The molecule has 1 fully saturated rings. The second kappa shape index (κ2) is 11.9. The predicted octanol–water partition coefficient (Wildman–Crippen LogP) is 7.70. The molecule has 37 heavy (non-hydrogen) atoms. The minimum atomic E-state index is -0.652. The van der Waals surface area contributed by atoms with Gasteiger partial charge in [0, 0.05) is 22.2 Å². The van der Waals surface area contributed by atoms with Crippen molar-refractivity contribution in [3.8, 4) is 5.75 Å². The van der Waals surface area contributed by atoms with E-state index < -0.39 is 17.3 Å². The highest BCUT2D eigenvalue weighted by molar-refractivity contribution is 6.32. The Morgan fingerprint density at radius 3 is 2.24 bits per heavy atom. The molecule has 1 saturated carbocycles. The van der Waals surface area contributed by atoms with Crippen LogP contribution in [-0.2, 0) is 15.1 Å². The van der Waals surface area contributed by atoms with Gasteiger partial charge in [-0.25, -0.2) is 4.39 Å². The lowest BCUT2D eigenvalue weighted by atomic mass is 9.86. The zero-order chi connectivity index (χ0) is 26.6. The molecule has 2 amide bonds. The molecule has 0 aromatic heterocycles. The maximum Gasteiger partial charge on any atom is 0.252 e. The van der Waals surface area contributed by atoms with Crippen LogP contribution in [0, 0.1) is 5.82 Å². The SMILES string of the molecule is CCC(C)(NC(=O)C1=C(C(=O)Nc2cc(OC3CCCC3)c(Cl)cc2F)CCCC1)c1ccc(Cl)cc1. The largest absolute Gasteiger partial charge is 0.489 e. The van der Waals surface area contributed by atoms with Crippen LogP contribution in [0.1, 0.15) is 77.2 Å². The lowest BCUT2D eigenvalue weighted by Gasteiger charge is -2.32. The monoisotopic (exact) mass is 546 g/mol. The first-order chi connectivity index (χ1) is 17.7. The number of hydrogen-bond acceptors (Lipinski definition) is 3. The van der Waals surface area contributed by atoms with Crippen LogP contribution in [0.2, 0.25) is 10.0 Å². The molecular weight excluding hydrogens is 514 g/mol. The summed E-state index contributed by atoms with van der Waals surface area (Å²) in [5.74, 6) is -1.07. The van der Waals surface area contributed by atoms with Gasteiger partial charge in [0.15, 0.2) is 0 Å². The van der Waals surface area contributed by atoms with E-state index in [1.807, 2.05) is 26.0 Å². The fourth-order valence-corrected chi connectivity index (χ4v) is 5.33. The van der Waals surface area contributed by atoms with Crippen molar-refractivity contribution in [3.05, 3.63) is 69.0 Å². The lowest BCUT2D eigenvalue weighted by molar-refractivity contribution is -0.120. The average Bonchev–Trinajstić information content (AvgIpc) is 3.40. The molecule has 0 bridgehead atoms. The number of nitrogens with one attached hydrogen (secondary N) is 2. The molecule has 1 atom stereocenters. The molecule has 2 aliphatic carbocycles. The van der Waals surface area contributed by atoms with Crippen LogP contribution < -0.4 is 15.4 Å². The van der Waals surface area contributed by atoms with Crippen LogP contribution in [0.3, 0.4) is 0 Å². The Morgan fingerprint density at radius 1 is 1.00 bits per heavy atom. The van der Waals surface area contributed by atoms with E-state index >= 15 is 0 Å². The molecule has 0 radical (unpaired) electrons. The number of ether oxygens (including phenoxy) is 1. The van der Waals surface area contributed by atoms with Gasteiger partial charge in [-0.05, 0) is 88.5 Å². The number of amides is 2. The van der Waals surface area contributed by atoms with Gasteiger partial charge in [0.2, 0.25) is 5.91 Å². The molecule has 0 spiro atoms. The number of anilines is 1. The Labute approximate surface area is 227 Å². The first-order valence-electron chi connectivity index (χ1n) is 13.0. The third kappa shape index (κ3) is 6.47. The van der Waals surface area contributed by atoms with Crippen molar-refractivity contribution in [3.63, 3.8) is 0 Å². The Balaban J connectivity index is 1.55. The molecule has 4 rings (SSSR count). The molecular formula is C29H33Cl2FN2O3. The molecule has 0 heterocycles. The van der Waals surface area contributed by atoms with Gasteiger partial charge in [-0.3, -0.25) is 9.59 Å². The summed E-state index contributed by atoms with van der Waals surface area (Å²) in [5, 5.41) is 6.59. The number of carbonyl (C=O) groups is 2. The Morgan fingerprint density at radius 2 is 1.62 bits per heavy atom. The first-order valence-corrected chi connectivity index (χ1v) is 13.7. The van der Waals surface area contributed by atoms with Gasteiger partial charge in [-0.15, -0.1) is 0 Å². The molecule has 2 aromatic rings. The molecule has 2 N–H and O–H groups in total. The fraction of sp³-hybridized carbons (Fsp3) is 0.448. The summed E-state index contributed by atoms with van der Waals surface area (Å²) in [4.78, 5) is 26.8. The fourth-order valence-electron chi connectivity index (χ4n) is 5.01. The van der Waals surface area contributed by atoms with Crippen LogP contribution in [-0.4, -0.2) is 17.9 Å². The van der Waals surface area contributed by atoms with E-state index in [-0.39, 0.29) is 22.7 Å². The highest BCUT2D eigenvalue weighted by atomic mass is 35.5. The molecule has 0 aliphatic heterocycles. The minimum Gasteiger partial charge on any atom is -0.489 e. The highest BCUT2D eigenvalue weighted by Crippen LogP contribution is 2.35. The van der Waals surface area contributed by atoms with E-state index in [9.17, 15) is 14.0 Å². The summed E-state index contributed by atoms with van der Waals surface area (Å²) in [7, 11) is 0. The van der Waals surface area contributed by atoms with Gasteiger partial charge in [0.25, 0.3) is 5.91 Å². The van der Waals surface area contributed by atoms with Crippen molar-refractivity contribution in [1.82, 2.24) is 5.32 Å². The van der Waals surface area contributed by atoms with Crippen molar-refractivity contribution >= 4 is 40.7 Å². The third-order valence-corrected chi connectivity index (χ3v) is 8.01. The van der Waals surface area contributed by atoms with Crippen molar-refractivity contribution in [1.29, 1.82) is 0 Å². The van der Waals surface area contributed by atoms with Crippen molar-refractivity contribution in [2.75, 3.05) is 5.32 Å². The Kier molecular flexibility index (Phi) is 8.81. The second-order valence-electron chi connectivity index (χ2n) is 10.1. The topological polar surface area (TPSA) is 67.4 Å². The van der Waals surface area contributed by atoms with Gasteiger partial charge in [-0.2, -0.15) is 0 Å². The molecule has 0 saturated heterocycles. The standard InChI is InChI=1S/C29H33Cl2FN2O3/c1-3-29(2,18-12-14-19(30)15-13-18)34-28(36)22-11-7-6-10-21(22)27(35)33-25-17-26(23(31)16-24(25)32)37-20-8-4-5-9-20/h12-17,20H,3-11H2,1-2H3,(H,33,35)(H,34,36). The first kappa shape index (κ1) is 27.5. The van der Waals surface area contributed by atoms with Gasteiger partial charge in [0.05, 0.1) is 22.4 Å². The highest BCUT2D eigenvalue weighted by Gasteiger charge is 2.31. The van der Waals surface area contributed by atoms with Crippen molar-refractivity contribution < 1.29 is 18.7 Å². The number of carbonyl (C=O) groups excluding carboxylic acids is 2. The van der Waals surface area contributed by atoms with E-state index in [1.165, 1.54) is 6.07 Å². The zero-order valence-electron chi connectivity index (χ0n) is 21.3. The molecule has 2 aromatic carbocycles. The maximum atomic E-state index is 14.8. The van der Waals surface area contributed by atoms with Crippen LogP contribution in [0.4, 0.5) is 10.1 Å². The molecule has 5 nitrogen and oxygen atoms in total. The summed E-state index contributed by atoms with van der Waals surface area (Å²) in [6, 6.07) is 9.96. The zero-order valence-corrected chi connectivity index (χ0v) is 22.8.